The maximum Gasteiger partial charge on any atom is 0.407 e. The van der Waals surface area contributed by atoms with Crippen molar-refractivity contribution >= 4 is 33.5 Å². The van der Waals surface area contributed by atoms with Crippen LogP contribution in [0.5, 0.6) is 11.5 Å². The van der Waals surface area contributed by atoms with E-state index in [1.54, 1.807) is 0 Å². The van der Waals surface area contributed by atoms with Crippen LogP contribution in [0.15, 0.2) is 72.8 Å². The van der Waals surface area contributed by atoms with Crippen molar-refractivity contribution in [1.82, 2.24) is 10.6 Å². The number of unbranched alkanes of at least 4 members (excludes halogenated alkanes) is 1. The number of hydrogen-bond acceptors (Lipinski definition) is 5. The van der Waals surface area contributed by atoms with Crippen LogP contribution in [0.1, 0.15) is 51.7 Å². The molecule has 0 saturated carbocycles. The summed E-state index contributed by atoms with van der Waals surface area (Å²) >= 11 is 0. The zero-order valence-corrected chi connectivity index (χ0v) is 25.1. The highest BCUT2D eigenvalue weighted by atomic mass is 16.6. The Morgan fingerprint density at radius 3 is 1.67 bits per heavy atom. The monoisotopic (exact) mass is 570 g/mol. The Kier molecular flexibility index (Phi) is 10.7. The molecule has 0 heterocycles. The van der Waals surface area contributed by atoms with Gasteiger partial charge in [0.2, 0.25) is 5.91 Å². The number of fused-ring (bicyclic) bond motifs is 2. The molecule has 0 aromatic heterocycles. The van der Waals surface area contributed by atoms with Gasteiger partial charge in [0.1, 0.15) is 17.1 Å². The smallest absolute Gasteiger partial charge is 0.407 e. The predicted molar refractivity (Wildman–Crippen MR) is 168 cm³/mol. The zero-order valence-electron chi connectivity index (χ0n) is 25.1. The van der Waals surface area contributed by atoms with Gasteiger partial charge in [0.15, 0.2) is 0 Å². The highest BCUT2D eigenvalue weighted by Crippen LogP contribution is 2.26. The number of hydrogen-bond donors (Lipinski definition) is 2. The van der Waals surface area contributed by atoms with E-state index in [9.17, 15) is 9.59 Å². The van der Waals surface area contributed by atoms with Crippen LogP contribution in [0.2, 0.25) is 0 Å². The molecule has 0 radical (unpaired) electrons. The summed E-state index contributed by atoms with van der Waals surface area (Å²) in [6.07, 6.45) is 2.81. The lowest BCUT2D eigenvalue weighted by Crippen LogP contribution is -2.33. The van der Waals surface area contributed by atoms with Crippen LogP contribution < -0.4 is 20.1 Å². The van der Waals surface area contributed by atoms with Crippen LogP contribution in [0.3, 0.4) is 0 Å². The Balaban J connectivity index is 1.24. The summed E-state index contributed by atoms with van der Waals surface area (Å²) in [6, 6.07) is 24.8. The molecule has 42 heavy (non-hydrogen) atoms. The minimum absolute atomic E-state index is 0.0155. The first-order valence-electron chi connectivity index (χ1n) is 14.7. The molecule has 7 heteroatoms. The largest absolute Gasteiger partial charge is 0.494 e. The van der Waals surface area contributed by atoms with Crippen LogP contribution in [0.4, 0.5) is 4.79 Å². The molecule has 0 bridgehead atoms. The molecule has 0 aliphatic rings. The second-order valence-electron chi connectivity index (χ2n) is 11.4. The highest BCUT2D eigenvalue weighted by Gasteiger charge is 2.15. The van der Waals surface area contributed by atoms with Crippen molar-refractivity contribution in [3.05, 3.63) is 83.9 Å². The average Bonchev–Trinajstić information content (AvgIpc) is 2.94. The van der Waals surface area contributed by atoms with Gasteiger partial charge in [0.05, 0.1) is 13.2 Å². The first kappa shape index (κ1) is 30.7. The molecule has 0 saturated heterocycles. The van der Waals surface area contributed by atoms with Crippen LogP contribution in [0.25, 0.3) is 21.5 Å². The van der Waals surface area contributed by atoms with E-state index in [4.69, 9.17) is 14.2 Å². The molecular formula is C35H42N2O5. The molecule has 222 valence electrons. The first-order valence-corrected chi connectivity index (χ1v) is 14.7. The SMILES string of the molecule is CC(=O)NCCc1cccc2ccc(OCCCCOc3ccc4cccc(CCNC(=O)OC(C)(C)C)c4c3)cc12. The highest BCUT2D eigenvalue weighted by molar-refractivity contribution is 5.88. The Hall–Kier alpha value is -4.26. The van der Waals surface area contributed by atoms with E-state index in [2.05, 4.69) is 59.2 Å². The van der Waals surface area contributed by atoms with E-state index < -0.39 is 11.7 Å². The van der Waals surface area contributed by atoms with Crippen molar-refractivity contribution in [3.63, 3.8) is 0 Å². The fourth-order valence-corrected chi connectivity index (χ4v) is 4.82. The fraction of sp³-hybridized carbons (Fsp3) is 0.371. The van der Waals surface area contributed by atoms with Crippen molar-refractivity contribution < 1.29 is 23.8 Å². The Labute approximate surface area is 248 Å². The van der Waals surface area contributed by atoms with E-state index in [0.717, 1.165) is 57.9 Å². The van der Waals surface area contributed by atoms with Crippen LogP contribution in [-0.4, -0.2) is 43.9 Å². The summed E-state index contributed by atoms with van der Waals surface area (Å²) < 4.78 is 17.5. The number of alkyl carbamates (subject to hydrolysis) is 1. The molecular weight excluding hydrogens is 528 g/mol. The summed E-state index contributed by atoms with van der Waals surface area (Å²) in [6.45, 7) is 9.41. The number of rotatable bonds is 13. The zero-order chi connectivity index (χ0) is 30.0. The second kappa shape index (κ2) is 14.6. The number of amides is 2. The van der Waals surface area contributed by atoms with E-state index in [0.29, 0.717) is 32.7 Å². The fourth-order valence-electron chi connectivity index (χ4n) is 4.82. The Morgan fingerprint density at radius 2 is 1.19 bits per heavy atom. The van der Waals surface area contributed by atoms with E-state index >= 15 is 0 Å². The van der Waals surface area contributed by atoms with Crippen molar-refractivity contribution in [2.24, 2.45) is 0 Å². The summed E-state index contributed by atoms with van der Waals surface area (Å²) in [5.74, 6) is 1.66. The molecule has 0 aliphatic heterocycles. The van der Waals surface area contributed by atoms with Crippen LogP contribution >= 0.6 is 0 Å². The molecule has 4 aromatic rings. The number of benzene rings is 4. The Morgan fingerprint density at radius 1 is 0.690 bits per heavy atom. The molecule has 2 amide bonds. The average molecular weight is 571 g/mol. The predicted octanol–water partition coefficient (Wildman–Crippen LogP) is 6.98. The molecule has 0 atom stereocenters. The van der Waals surface area contributed by atoms with Gasteiger partial charge in [-0.1, -0.05) is 48.5 Å². The third kappa shape index (κ3) is 9.40. The van der Waals surface area contributed by atoms with Gasteiger partial charge < -0.3 is 24.8 Å². The van der Waals surface area contributed by atoms with Crippen LogP contribution in [0, 0.1) is 0 Å². The minimum Gasteiger partial charge on any atom is -0.494 e. The van der Waals surface area contributed by atoms with Gasteiger partial charge in [-0.2, -0.15) is 0 Å². The third-order valence-electron chi connectivity index (χ3n) is 6.79. The molecule has 7 nitrogen and oxygen atoms in total. The van der Waals surface area contributed by atoms with Crippen LogP contribution in [-0.2, 0) is 22.4 Å². The second-order valence-corrected chi connectivity index (χ2v) is 11.4. The quantitative estimate of drug-likeness (QED) is 0.170. The van der Waals surface area contributed by atoms with E-state index in [1.165, 1.54) is 12.5 Å². The number of carbonyl (C=O) groups excluding carboxylic acids is 2. The Bertz CT molecular complexity index is 1510. The summed E-state index contributed by atoms with van der Waals surface area (Å²) in [5, 5.41) is 10.3. The number of carbonyl (C=O) groups is 2. The summed E-state index contributed by atoms with van der Waals surface area (Å²) in [4.78, 5) is 23.2. The third-order valence-corrected chi connectivity index (χ3v) is 6.79. The lowest BCUT2D eigenvalue weighted by Gasteiger charge is -2.19. The van der Waals surface area contributed by atoms with Gasteiger partial charge in [0.25, 0.3) is 0 Å². The standard InChI is InChI=1S/C35H42N2O5/c1-25(38)36-19-17-28-11-7-9-26-13-15-30(23-32(26)28)40-21-5-6-22-41-31-16-14-27-10-8-12-29(33(27)24-31)18-20-37-34(39)42-35(2,3)4/h7-16,23-24H,5-6,17-22H2,1-4H3,(H,36,38)(H,37,39). The van der Waals surface area contributed by atoms with Gasteiger partial charge >= 0.3 is 6.09 Å². The molecule has 0 unspecified atom stereocenters. The number of nitrogens with one attached hydrogen (secondary N) is 2. The van der Waals surface area contributed by atoms with Gasteiger partial charge in [-0.15, -0.1) is 0 Å². The summed E-state index contributed by atoms with van der Waals surface area (Å²) in [7, 11) is 0. The minimum atomic E-state index is -0.515. The van der Waals surface area contributed by atoms with E-state index in [1.807, 2.05) is 45.0 Å². The normalized spacial score (nSPS) is 11.3. The lowest BCUT2D eigenvalue weighted by molar-refractivity contribution is -0.118. The van der Waals surface area contributed by atoms with Crippen molar-refractivity contribution in [3.8, 4) is 11.5 Å². The maximum absolute atomic E-state index is 12.0. The van der Waals surface area contributed by atoms with Crippen molar-refractivity contribution in [2.45, 2.75) is 59.0 Å². The topological polar surface area (TPSA) is 85.9 Å². The molecule has 0 fully saturated rings. The van der Waals surface area contributed by atoms with Crippen molar-refractivity contribution in [1.29, 1.82) is 0 Å². The lowest BCUT2D eigenvalue weighted by atomic mass is 10.0. The number of ether oxygens (including phenoxy) is 3. The van der Waals surface area contributed by atoms with Gasteiger partial charge in [0, 0.05) is 20.0 Å². The molecule has 4 aromatic carbocycles. The van der Waals surface area contributed by atoms with Gasteiger partial charge in [-0.25, -0.2) is 4.79 Å². The van der Waals surface area contributed by atoms with Gasteiger partial charge in [-0.05, 0) is 103 Å². The first-order chi connectivity index (χ1) is 20.2. The molecule has 2 N–H and O–H groups in total. The van der Waals surface area contributed by atoms with Crippen molar-refractivity contribution in [2.75, 3.05) is 26.3 Å². The molecule has 4 rings (SSSR count). The molecule has 0 spiro atoms. The molecule has 0 aliphatic carbocycles. The summed E-state index contributed by atoms with van der Waals surface area (Å²) in [5.41, 5.74) is 1.83. The van der Waals surface area contributed by atoms with E-state index in [-0.39, 0.29) is 5.91 Å². The van der Waals surface area contributed by atoms with Gasteiger partial charge in [-0.3, -0.25) is 4.79 Å². The maximum atomic E-state index is 12.0.